The molecule has 1 aliphatic carbocycles. The highest BCUT2D eigenvalue weighted by Crippen LogP contribution is 2.42. The Bertz CT molecular complexity index is 593. The molecule has 1 aromatic heterocycles. The van der Waals surface area contributed by atoms with Crippen LogP contribution in [0.5, 0.6) is 0 Å². The van der Waals surface area contributed by atoms with Crippen LogP contribution in [0, 0.1) is 5.92 Å². The second-order valence-electron chi connectivity index (χ2n) is 6.34. The van der Waals surface area contributed by atoms with Gasteiger partial charge in [0.1, 0.15) is 5.82 Å². The average Bonchev–Trinajstić information content (AvgIpc) is 3.09. The van der Waals surface area contributed by atoms with Crippen molar-refractivity contribution in [3.8, 4) is 0 Å². The van der Waals surface area contributed by atoms with Crippen LogP contribution in [-0.4, -0.2) is 9.55 Å². The van der Waals surface area contributed by atoms with Gasteiger partial charge in [-0.05, 0) is 50.3 Å². The van der Waals surface area contributed by atoms with Gasteiger partial charge >= 0.3 is 0 Å². The highest BCUT2D eigenvalue weighted by molar-refractivity contribution is 5.80. The number of hydrogen-bond donors (Lipinski definition) is 1. The smallest absolute Gasteiger partial charge is 0.113 e. The summed E-state index contributed by atoms with van der Waals surface area (Å²) < 4.78 is 2.45. The molecule has 3 heteroatoms. The van der Waals surface area contributed by atoms with Crippen molar-refractivity contribution in [2.45, 2.75) is 52.0 Å². The number of nitrogens with zero attached hydrogens (tertiary/aromatic N) is 2. The second kappa shape index (κ2) is 4.55. The van der Waals surface area contributed by atoms with Crippen LogP contribution in [0.25, 0.3) is 11.0 Å². The number of imidazole rings is 1. The number of hydrogen-bond acceptors (Lipinski definition) is 2. The first kappa shape index (κ1) is 12.5. The predicted molar refractivity (Wildman–Crippen MR) is 80.3 cm³/mol. The van der Waals surface area contributed by atoms with E-state index in [0.717, 1.165) is 11.2 Å². The summed E-state index contributed by atoms with van der Waals surface area (Å²) in [5.74, 6) is 2.64. The van der Waals surface area contributed by atoms with Gasteiger partial charge in [0.15, 0.2) is 0 Å². The minimum absolute atomic E-state index is 0.504. The van der Waals surface area contributed by atoms with E-state index in [1.165, 1.54) is 30.6 Å². The minimum atomic E-state index is 0.504. The third kappa shape index (κ3) is 2.34. The predicted octanol–water partition coefficient (Wildman–Crippen LogP) is 4.10. The van der Waals surface area contributed by atoms with Gasteiger partial charge in [0, 0.05) is 17.6 Å². The van der Waals surface area contributed by atoms with Gasteiger partial charge in [-0.3, -0.25) is 0 Å². The molecular formula is C16H23N3. The fourth-order valence-electron chi connectivity index (χ4n) is 3.01. The summed E-state index contributed by atoms with van der Waals surface area (Å²) in [5.41, 5.74) is 8.98. The van der Waals surface area contributed by atoms with Crippen LogP contribution in [0.3, 0.4) is 0 Å². The first-order valence-electron chi connectivity index (χ1n) is 7.33. The van der Waals surface area contributed by atoms with Crippen LogP contribution < -0.4 is 5.73 Å². The number of benzene rings is 1. The molecule has 1 saturated carbocycles. The summed E-state index contributed by atoms with van der Waals surface area (Å²) in [6, 6.07) is 6.61. The van der Waals surface area contributed by atoms with Crippen molar-refractivity contribution in [2.75, 3.05) is 5.73 Å². The molecule has 1 unspecified atom stereocenters. The van der Waals surface area contributed by atoms with Gasteiger partial charge in [0.2, 0.25) is 0 Å². The lowest BCUT2D eigenvalue weighted by molar-refractivity contribution is 0.425. The fraction of sp³-hybridized carbons (Fsp3) is 0.562. The minimum Gasteiger partial charge on any atom is -0.399 e. The van der Waals surface area contributed by atoms with E-state index >= 15 is 0 Å². The van der Waals surface area contributed by atoms with Gasteiger partial charge in [-0.2, -0.15) is 0 Å². The first-order valence-corrected chi connectivity index (χ1v) is 7.33. The molecule has 0 saturated heterocycles. The molecule has 102 valence electrons. The molecular weight excluding hydrogens is 234 g/mol. The molecule has 3 nitrogen and oxygen atoms in total. The standard InChI is InChI=1S/C16H23N3/c1-10(2)8-11(3)19-15-7-6-13(17)9-14(15)18-16(19)12-4-5-12/h6-7,9-12H,4-5,8,17H2,1-3H3. The van der Waals surface area contributed by atoms with Crippen LogP contribution in [0.2, 0.25) is 0 Å². The zero-order valence-electron chi connectivity index (χ0n) is 12.1. The van der Waals surface area contributed by atoms with Gasteiger partial charge in [-0.1, -0.05) is 13.8 Å². The van der Waals surface area contributed by atoms with E-state index in [1.807, 2.05) is 12.1 Å². The van der Waals surface area contributed by atoms with Crippen molar-refractivity contribution in [1.29, 1.82) is 0 Å². The van der Waals surface area contributed by atoms with Crippen LogP contribution >= 0.6 is 0 Å². The van der Waals surface area contributed by atoms with Crippen molar-refractivity contribution < 1.29 is 0 Å². The van der Waals surface area contributed by atoms with E-state index in [2.05, 4.69) is 31.4 Å². The number of nitrogen functional groups attached to an aromatic ring is 1. The molecule has 0 bridgehead atoms. The van der Waals surface area contributed by atoms with Crippen LogP contribution in [-0.2, 0) is 0 Å². The Morgan fingerprint density at radius 2 is 2.05 bits per heavy atom. The van der Waals surface area contributed by atoms with Crippen molar-refractivity contribution >= 4 is 16.7 Å². The maximum atomic E-state index is 5.88. The van der Waals surface area contributed by atoms with Gasteiger partial charge in [-0.25, -0.2) is 4.98 Å². The lowest BCUT2D eigenvalue weighted by Crippen LogP contribution is -2.11. The zero-order valence-corrected chi connectivity index (χ0v) is 12.1. The summed E-state index contributed by atoms with van der Waals surface area (Å²) in [6.45, 7) is 6.87. The number of aromatic nitrogens is 2. The van der Waals surface area contributed by atoms with E-state index in [4.69, 9.17) is 10.7 Å². The molecule has 1 aliphatic rings. The topological polar surface area (TPSA) is 43.8 Å². The number of rotatable bonds is 4. The third-order valence-corrected chi connectivity index (χ3v) is 3.94. The summed E-state index contributed by atoms with van der Waals surface area (Å²) in [4.78, 5) is 4.85. The quantitative estimate of drug-likeness (QED) is 0.838. The summed E-state index contributed by atoms with van der Waals surface area (Å²) in [5, 5.41) is 0. The van der Waals surface area contributed by atoms with E-state index in [9.17, 15) is 0 Å². The molecule has 3 rings (SSSR count). The molecule has 1 aromatic carbocycles. The second-order valence-corrected chi connectivity index (χ2v) is 6.34. The molecule has 0 aliphatic heterocycles. The van der Waals surface area contributed by atoms with Gasteiger partial charge in [0.25, 0.3) is 0 Å². The van der Waals surface area contributed by atoms with Crippen molar-refractivity contribution in [3.63, 3.8) is 0 Å². The Balaban J connectivity index is 2.11. The highest BCUT2D eigenvalue weighted by Gasteiger charge is 2.31. The summed E-state index contributed by atoms with van der Waals surface area (Å²) in [7, 11) is 0. The van der Waals surface area contributed by atoms with Crippen molar-refractivity contribution in [2.24, 2.45) is 5.92 Å². The number of nitrogens with two attached hydrogens (primary N) is 1. The molecule has 0 amide bonds. The normalized spacial score (nSPS) is 17.3. The Labute approximate surface area is 114 Å². The van der Waals surface area contributed by atoms with Gasteiger partial charge < -0.3 is 10.3 Å². The summed E-state index contributed by atoms with van der Waals surface area (Å²) >= 11 is 0. The molecule has 1 fully saturated rings. The Kier molecular flexibility index (Phi) is 3.00. The lowest BCUT2D eigenvalue weighted by atomic mass is 10.0. The largest absolute Gasteiger partial charge is 0.399 e. The molecule has 0 spiro atoms. The molecule has 19 heavy (non-hydrogen) atoms. The Morgan fingerprint density at radius 1 is 1.32 bits per heavy atom. The van der Waals surface area contributed by atoms with Crippen molar-refractivity contribution in [3.05, 3.63) is 24.0 Å². The summed E-state index contributed by atoms with van der Waals surface area (Å²) in [6.07, 6.45) is 3.76. The Morgan fingerprint density at radius 3 is 2.68 bits per heavy atom. The molecule has 1 heterocycles. The van der Waals surface area contributed by atoms with Crippen LogP contribution in [0.4, 0.5) is 5.69 Å². The molecule has 2 N–H and O–H groups in total. The Hall–Kier alpha value is -1.51. The third-order valence-electron chi connectivity index (χ3n) is 3.94. The monoisotopic (exact) mass is 257 g/mol. The van der Waals surface area contributed by atoms with Crippen molar-refractivity contribution in [1.82, 2.24) is 9.55 Å². The molecule has 0 radical (unpaired) electrons. The number of anilines is 1. The molecule has 2 aromatic rings. The van der Waals surface area contributed by atoms with Gasteiger partial charge in [-0.15, -0.1) is 0 Å². The van der Waals surface area contributed by atoms with E-state index in [1.54, 1.807) is 0 Å². The first-order chi connectivity index (χ1) is 9.06. The maximum Gasteiger partial charge on any atom is 0.113 e. The highest BCUT2D eigenvalue weighted by atomic mass is 15.1. The maximum absolute atomic E-state index is 5.88. The zero-order chi connectivity index (χ0) is 13.6. The average molecular weight is 257 g/mol. The number of fused-ring (bicyclic) bond motifs is 1. The fourth-order valence-corrected chi connectivity index (χ4v) is 3.01. The van der Waals surface area contributed by atoms with E-state index in [-0.39, 0.29) is 0 Å². The van der Waals surface area contributed by atoms with E-state index < -0.39 is 0 Å². The van der Waals surface area contributed by atoms with E-state index in [0.29, 0.717) is 17.9 Å². The SMILES string of the molecule is CC(C)CC(C)n1c(C2CC2)nc2cc(N)ccc21. The van der Waals surface area contributed by atoms with Crippen LogP contribution in [0.15, 0.2) is 18.2 Å². The van der Waals surface area contributed by atoms with Crippen LogP contribution in [0.1, 0.15) is 57.8 Å². The molecule has 1 atom stereocenters. The lowest BCUT2D eigenvalue weighted by Gasteiger charge is -2.19. The van der Waals surface area contributed by atoms with Gasteiger partial charge in [0.05, 0.1) is 11.0 Å².